The molecule has 1 amide bonds. The zero-order valence-corrected chi connectivity index (χ0v) is 20.0. The quantitative estimate of drug-likeness (QED) is 0.448. The second-order valence-corrected chi connectivity index (χ2v) is 9.55. The molecule has 2 aliphatic rings. The lowest BCUT2D eigenvalue weighted by Gasteiger charge is -2.23. The number of benzene rings is 2. The second kappa shape index (κ2) is 9.90. The normalized spacial score (nSPS) is 17.6. The van der Waals surface area contributed by atoms with Crippen molar-refractivity contribution in [2.24, 2.45) is 0 Å². The van der Waals surface area contributed by atoms with Crippen LogP contribution >= 0.6 is 23.2 Å². The predicted octanol–water partition coefficient (Wildman–Crippen LogP) is 6.45. The van der Waals surface area contributed by atoms with E-state index >= 15 is 0 Å². The zero-order chi connectivity index (χ0) is 23.7. The number of aromatic nitrogens is 2. The van der Waals surface area contributed by atoms with Crippen LogP contribution in [0.25, 0.3) is 17.3 Å². The van der Waals surface area contributed by atoms with Gasteiger partial charge in [-0.15, -0.1) is 0 Å². The summed E-state index contributed by atoms with van der Waals surface area (Å²) in [7, 11) is 0. The van der Waals surface area contributed by atoms with Crippen LogP contribution in [-0.2, 0) is 11.3 Å². The smallest absolute Gasteiger partial charge is 0.272 e. The lowest BCUT2D eigenvalue weighted by Crippen LogP contribution is -2.37. The highest BCUT2D eigenvalue weighted by molar-refractivity contribution is 6.35. The number of rotatable bonds is 4. The molecule has 2 aromatic carbocycles. The summed E-state index contributed by atoms with van der Waals surface area (Å²) in [5.74, 6) is -0.513. The first-order valence-corrected chi connectivity index (χ1v) is 12.2. The van der Waals surface area contributed by atoms with Gasteiger partial charge in [-0.1, -0.05) is 54.6 Å². The standard InChI is InChI=1S/C26H24Cl2FN3O2/c27-18-8-11-23(22(28)13-18)32-25-17(12-16-6-9-19(29)10-7-16)14-34-15-21(25)24(31-32)26(33)30-20-4-2-1-3-5-20/h6-13,20H,1-5,14-15H2,(H,30,33)/b17-12+. The van der Waals surface area contributed by atoms with Crippen LogP contribution in [0.1, 0.15) is 59.4 Å². The summed E-state index contributed by atoms with van der Waals surface area (Å²) >= 11 is 12.7. The Balaban J connectivity index is 1.61. The van der Waals surface area contributed by atoms with E-state index in [-0.39, 0.29) is 24.4 Å². The molecule has 1 aliphatic heterocycles. The molecule has 0 atom stereocenters. The molecule has 176 valence electrons. The number of amides is 1. The van der Waals surface area contributed by atoms with E-state index in [2.05, 4.69) is 5.32 Å². The lowest BCUT2D eigenvalue weighted by molar-refractivity contribution is 0.0914. The first-order valence-electron chi connectivity index (χ1n) is 11.4. The summed E-state index contributed by atoms with van der Waals surface area (Å²) in [6.07, 6.45) is 7.31. The molecule has 1 fully saturated rings. The van der Waals surface area contributed by atoms with Gasteiger partial charge < -0.3 is 10.1 Å². The number of hydrogen-bond acceptors (Lipinski definition) is 3. The maximum atomic E-state index is 13.4. The Morgan fingerprint density at radius 1 is 1.09 bits per heavy atom. The number of carbonyl (C=O) groups is 1. The monoisotopic (exact) mass is 499 g/mol. The fourth-order valence-electron chi connectivity index (χ4n) is 4.63. The van der Waals surface area contributed by atoms with Gasteiger partial charge in [0.05, 0.1) is 29.6 Å². The average Bonchev–Trinajstić information content (AvgIpc) is 3.22. The molecule has 8 heteroatoms. The first kappa shape index (κ1) is 23.1. The third-order valence-electron chi connectivity index (χ3n) is 6.30. The SMILES string of the molecule is O=C(NC1CCCCC1)c1nn(-c2ccc(Cl)cc2Cl)c2c1COC/C2=C\c1ccc(F)cc1. The number of halogens is 3. The minimum Gasteiger partial charge on any atom is -0.372 e. The molecule has 0 radical (unpaired) electrons. The van der Waals surface area contributed by atoms with Crippen LogP contribution in [0.15, 0.2) is 42.5 Å². The fourth-order valence-corrected chi connectivity index (χ4v) is 5.12. The number of nitrogens with zero attached hydrogens (tertiary/aromatic N) is 2. The minimum atomic E-state index is -0.303. The topological polar surface area (TPSA) is 56.2 Å². The molecule has 34 heavy (non-hydrogen) atoms. The van der Waals surface area contributed by atoms with Crippen molar-refractivity contribution >= 4 is 40.8 Å². The number of ether oxygens (including phenoxy) is 1. The van der Waals surface area contributed by atoms with E-state index in [1.807, 2.05) is 6.08 Å². The molecule has 2 heterocycles. The highest BCUT2D eigenvalue weighted by atomic mass is 35.5. The van der Waals surface area contributed by atoms with Gasteiger partial charge in [-0.05, 0) is 54.8 Å². The van der Waals surface area contributed by atoms with E-state index in [1.54, 1.807) is 35.0 Å². The van der Waals surface area contributed by atoms with Crippen molar-refractivity contribution in [1.82, 2.24) is 15.1 Å². The number of carbonyl (C=O) groups excluding carboxylic acids is 1. The van der Waals surface area contributed by atoms with Crippen LogP contribution in [0.2, 0.25) is 10.0 Å². The van der Waals surface area contributed by atoms with E-state index in [4.69, 9.17) is 33.0 Å². The number of nitrogens with one attached hydrogen (secondary N) is 1. The van der Waals surface area contributed by atoms with Crippen molar-refractivity contribution < 1.29 is 13.9 Å². The average molecular weight is 500 g/mol. The largest absolute Gasteiger partial charge is 0.372 e. The lowest BCUT2D eigenvalue weighted by atomic mass is 9.95. The molecule has 0 bridgehead atoms. The summed E-state index contributed by atoms with van der Waals surface area (Å²) in [6, 6.07) is 11.5. The van der Waals surface area contributed by atoms with Crippen LogP contribution in [0.5, 0.6) is 0 Å². The molecule has 1 N–H and O–H groups in total. The highest BCUT2D eigenvalue weighted by Crippen LogP contribution is 2.35. The molecule has 1 saturated carbocycles. The molecular weight excluding hydrogens is 476 g/mol. The maximum Gasteiger partial charge on any atom is 0.272 e. The van der Waals surface area contributed by atoms with Gasteiger partial charge in [0.2, 0.25) is 0 Å². The molecule has 0 spiro atoms. The van der Waals surface area contributed by atoms with Gasteiger partial charge in [0.15, 0.2) is 5.69 Å². The van der Waals surface area contributed by atoms with E-state index in [0.717, 1.165) is 42.5 Å². The van der Waals surface area contributed by atoms with E-state index in [9.17, 15) is 9.18 Å². The summed E-state index contributed by atoms with van der Waals surface area (Å²) in [5.41, 5.74) is 4.05. The van der Waals surface area contributed by atoms with Crippen LogP contribution in [0.3, 0.4) is 0 Å². The van der Waals surface area contributed by atoms with Crippen molar-refractivity contribution in [2.75, 3.05) is 6.61 Å². The van der Waals surface area contributed by atoms with Crippen molar-refractivity contribution in [1.29, 1.82) is 0 Å². The third-order valence-corrected chi connectivity index (χ3v) is 6.83. The van der Waals surface area contributed by atoms with Crippen molar-refractivity contribution in [2.45, 2.75) is 44.8 Å². The Bertz CT molecular complexity index is 1250. The summed E-state index contributed by atoms with van der Waals surface area (Å²) in [5, 5.41) is 8.81. The molecule has 5 nitrogen and oxygen atoms in total. The summed E-state index contributed by atoms with van der Waals surface area (Å²) in [4.78, 5) is 13.3. The molecule has 0 unspecified atom stereocenters. The second-order valence-electron chi connectivity index (χ2n) is 8.71. The molecular formula is C26H24Cl2FN3O2. The van der Waals surface area contributed by atoms with Crippen molar-refractivity contribution in [3.63, 3.8) is 0 Å². The van der Waals surface area contributed by atoms with Crippen LogP contribution in [-0.4, -0.2) is 28.3 Å². The number of hydrogen-bond donors (Lipinski definition) is 1. The van der Waals surface area contributed by atoms with Crippen LogP contribution < -0.4 is 5.32 Å². The Morgan fingerprint density at radius 2 is 1.85 bits per heavy atom. The van der Waals surface area contributed by atoms with Crippen LogP contribution in [0.4, 0.5) is 4.39 Å². The summed E-state index contributed by atoms with van der Waals surface area (Å²) in [6.45, 7) is 0.583. The van der Waals surface area contributed by atoms with Gasteiger partial charge >= 0.3 is 0 Å². The molecule has 3 aromatic rings. The molecule has 1 aliphatic carbocycles. The zero-order valence-electron chi connectivity index (χ0n) is 18.5. The van der Waals surface area contributed by atoms with E-state index < -0.39 is 0 Å². The van der Waals surface area contributed by atoms with Crippen molar-refractivity contribution in [3.05, 3.63) is 80.8 Å². The minimum absolute atomic E-state index is 0.153. The predicted molar refractivity (Wildman–Crippen MR) is 132 cm³/mol. The van der Waals surface area contributed by atoms with Gasteiger partial charge in [-0.25, -0.2) is 9.07 Å². The Labute approximate surface area is 207 Å². The molecule has 5 rings (SSSR count). The Kier molecular flexibility index (Phi) is 6.73. The van der Waals surface area contributed by atoms with E-state index in [0.29, 0.717) is 33.6 Å². The number of fused-ring (bicyclic) bond motifs is 1. The molecule has 1 aromatic heterocycles. The fraction of sp³-hybridized carbons (Fsp3) is 0.308. The summed E-state index contributed by atoms with van der Waals surface area (Å²) < 4.78 is 21.0. The highest BCUT2D eigenvalue weighted by Gasteiger charge is 2.30. The maximum absolute atomic E-state index is 13.4. The first-order chi connectivity index (χ1) is 16.5. The van der Waals surface area contributed by atoms with Crippen molar-refractivity contribution in [3.8, 4) is 5.69 Å². The van der Waals surface area contributed by atoms with Gasteiger partial charge in [0, 0.05) is 22.2 Å². The third kappa shape index (κ3) is 4.76. The van der Waals surface area contributed by atoms with Gasteiger partial charge in [-0.3, -0.25) is 4.79 Å². The van der Waals surface area contributed by atoms with Gasteiger partial charge in [0.1, 0.15) is 5.82 Å². The Hall–Kier alpha value is -2.67. The molecule has 0 saturated heterocycles. The Morgan fingerprint density at radius 3 is 2.59 bits per heavy atom. The van der Waals surface area contributed by atoms with E-state index in [1.165, 1.54) is 18.6 Å². The van der Waals surface area contributed by atoms with Crippen LogP contribution in [0, 0.1) is 5.82 Å². The van der Waals surface area contributed by atoms with Gasteiger partial charge in [-0.2, -0.15) is 5.10 Å². The van der Waals surface area contributed by atoms with Gasteiger partial charge in [0.25, 0.3) is 5.91 Å².